The molecule has 0 bridgehead atoms. The third kappa shape index (κ3) is 5.69. The third-order valence-corrected chi connectivity index (χ3v) is 3.57. The van der Waals surface area contributed by atoms with Crippen molar-refractivity contribution >= 4 is 27.8 Å². The van der Waals surface area contributed by atoms with Gasteiger partial charge in [-0.15, -0.1) is 0 Å². The van der Waals surface area contributed by atoms with E-state index in [0.29, 0.717) is 16.5 Å². The molecule has 0 fully saturated rings. The summed E-state index contributed by atoms with van der Waals surface area (Å²) in [5.41, 5.74) is -0.0635. The number of aliphatic carboxylic acids is 1. The summed E-state index contributed by atoms with van der Waals surface area (Å²) in [6.45, 7) is 3.52. The fourth-order valence-corrected chi connectivity index (χ4v) is 2.14. The van der Waals surface area contributed by atoms with Gasteiger partial charge in [0.2, 0.25) is 5.91 Å². The summed E-state index contributed by atoms with van der Waals surface area (Å²) in [6, 6.07) is 4.16. The van der Waals surface area contributed by atoms with Crippen LogP contribution in [0.4, 0.5) is 4.39 Å². The number of hydrogen-bond acceptors (Lipinski definition) is 2. The number of rotatable bonds is 6. The van der Waals surface area contributed by atoms with Crippen molar-refractivity contribution in [1.29, 1.82) is 0 Å². The number of carboxylic acid groups (broad SMARTS) is 1. The average Bonchev–Trinajstić information content (AvgIpc) is 2.31. The highest BCUT2D eigenvalue weighted by Crippen LogP contribution is 2.19. The van der Waals surface area contributed by atoms with E-state index in [9.17, 15) is 14.0 Å². The van der Waals surface area contributed by atoms with Crippen LogP contribution in [0, 0.1) is 5.82 Å². The van der Waals surface area contributed by atoms with Crippen LogP contribution in [-0.4, -0.2) is 22.5 Å². The van der Waals surface area contributed by atoms with Gasteiger partial charge in [-0.3, -0.25) is 9.59 Å². The van der Waals surface area contributed by atoms with Crippen LogP contribution in [0.5, 0.6) is 0 Å². The molecule has 6 heteroatoms. The molecule has 0 heterocycles. The van der Waals surface area contributed by atoms with Gasteiger partial charge in [-0.25, -0.2) is 4.39 Å². The molecule has 1 amide bonds. The molecule has 110 valence electrons. The molecule has 1 aromatic carbocycles. The van der Waals surface area contributed by atoms with Gasteiger partial charge in [-0.05, 0) is 44.0 Å². The highest BCUT2D eigenvalue weighted by Gasteiger charge is 2.22. The fourth-order valence-electron chi connectivity index (χ4n) is 1.76. The first-order chi connectivity index (χ1) is 9.19. The number of amides is 1. The largest absolute Gasteiger partial charge is 0.481 e. The van der Waals surface area contributed by atoms with Crippen molar-refractivity contribution < 1.29 is 19.1 Å². The summed E-state index contributed by atoms with van der Waals surface area (Å²) in [5.74, 6) is -1.58. The fraction of sp³-hybridized carbons (Fsp3) is 0.429. The van der Waals surface area contributed by atoms with Gasteiger partial charge in [0.15, 0.2) is 0 Å². The molecule has 0 spiro atoms. The lowest BCUT2D eigenvalue weighted by Crippen LogP contribution is -2.44. The van der Waals surface area contributed by atoms with E-state index in [2.05, 4.69) is 21.2 Å². The first-order valence-electron chi connectivity index (χ1n) is 6.16. The average molecular weight is 346 g/mol. The Bertz CT molecular complexity index is 517. The van der Waals surface area contributed by atoms with Crippen molar-refractivity contribution in [2.45, 2.75) is 38.6 Å². The molecule has 0 unspecified atom stereocenters. The van der Waals surface area contributed by atoms with Crippen LogP contribution >= 0.6 is 15.9 Å². The van der Waals surface area contributed by atoms with Gasteiger partial charge in [0.1, 0.15) is 5.82 Å². The number of carbonyl (C=O) groups excluding carboxylic acids is 1. The van der Waals surface area contributed by atoms with Crippen LogP contribution < -0.4 is 5.32 Å². The minimum Gasteiger partial charge on any atom is -0.481 e. The van der Waals surface area contributed by atoms with Crippen molar-refractivity contribution in [2.24, 2.45) is 0 Å². The molecule has 0 aliphatic heterocycles. The Labute approximate surface area is 125 Å². The Morgan fingerprint density at radius 3 is 2.65 bits per heavy atom. The molecule has 1 rings (SSSR count). The van der Waals surface area contributed by atoms with E-state index in [0.717, 1.165) is 0 Å². The van der Waals surface area contributed by atoms with Crippen LogP contribution in [-0.2, 0) is 16.0 Å². The predicted molar refractivity (Wildman–Crippen MR) is 76.9 cm³/mol. The second-order valence-electron chi connectivity index (χ2n) is 5.24. The number of carboxylic acids is 1. The zero-order chi connectivity index (χ0) is 15.3. The SMILES string of the molecule is CC(C)(CCC(=O)O)NC(=O)Cc1cc(F)ccc1Br. The van der Waals surface area contributed by atoms with Gasteiger partial charge >= 0.3 is 5.97 Å². The molecule has 0 saturated carbocycles. The molecule has 4 nitrogen and oxygen atoms in total. The van der Waals surface area contributed by atoms with Crippen molar-refractivity contribution in [3.8, 4) is 0 Å². The Balaban J connectivity index is 2.63. The normalized spacial score (nSPS) is 11.2. The van der Waals surface area contributed by atoms with Gasteiger partial charge in [0.05, 0.1) is 6.42 Å². The van der Waals surface area contributed by atoms with Gasteiger partial charge in [0, 0.05) is 16.4 Å². The minimum atomic E-state index is -0.903. The monoisotopic (exact) mass is 345 g/mol. The minimum absolute atomic E-state index is 0.0169. The molecule has 0 saturated heterocycles. The van der Waals surface area contributed by atoms with Crippen molar-refractivity contribution in [2.75, 3.05) is 0 Å². The Morgan fingerprint density at radius 1 is 1.40 bits per heavy atom. The van der Waals surface area contributed by atoms with E-state index in [1.54, 1.807) is 19.9 Å². The number of nitrogens with one attached hydrogen (secondary N) is 1. The van der Waals surface area contributed by atoms with Gasteiger partial charge in [-0.1, -0.05) is 15.9 Å². The summed E-state index contributed by atoms with van der Waals surface area (Å²) in [4.78, 5) is 22.5. The van der Waals surface area contributed by atoms with E-state index in [4.69, 9.17) is 5.11 Å². The first-order valence-corrected chi connectivity index (χ1v) is 6.96. The lowest BCUT2D eigenvalue weighted by Gasteiger charge is -2.25. The Hall–Kier alpha value is -1.43. The van der Waals surface area contributed by atoms with Crippen LogP contribution in [0.3, 0.4) is 0 Å². The Kier molecular flexibility index (Phi) is 5.68. The predicted octanol–water partition coefficient (Wildman–Crippen LogP) is 2.89. The second kappa shape index (κ2) is 6.83. The summed E-state index contributed by atoms with van der Waals surface area (Å²) in [5, 5.41) is 11.4. The molecule has 20 heavy (non-hydrogen) atoms. The van der Waals surface area contributed by atoms with Gasteiger partial charge in [0.25, 0.3) is 0 Å². The molecular formula is C14H17BrFNO3. The van der Waals surface area contributed by atoms with Gasteiger partial charge < -0.3 is 10.4 Å². The van der Waals surface area contributed by atoms with Crippen molar-refractivity contribution in [3.63, 3.8) is 0 Å². The third-order valence-electron chi connectivity index (χ3n) is 2.80. The lowest BCUT2D eigenvalue weighted by atomic mass is 9.98. The van der Waals surface area contributed by atoms with Crippen molar-refractivity contribution in [1.82, 2.24) is 5.32 Å². The molecule has 0 radical (unpaired) electrons. The highest BCUT2D eigenvalue weighted by molar-refractivity contribution is 9.10. The summed E-state index contributed by atoms with van der Waals surface area (Å²) in [7, 11) is 0. The van der Waals surface area contributed by atoms with Crippen LogP contribution in [0.2, 0.25) is 0 Å². The highest BCUT2D eigenvalue weighted by atomic mass is 79.9. The molecule has 0 atom stereocenters. The number of benzene rings is 1. The smallest absolute Gasteiger partial charge is 0.303 e. The van der Waals surface area contributed by atoms with Crippen molar-refractivity contribution in [3.05, 3.63) is 34.1 Å². The molecule has 0 aliphatic carbocycles. The van der Waals surface area contributed by atoms with E-state index in [1.165, 1.54) is 12.1 Å². The maximum absolute atomic E-state index is 13.1. The maximum atomic E-state index is 13.1. The van der Waals surface area contributed by atoms with Crippen LogP contribution in [0.1, 0.15) is 32.3 Å². The number of halogens is 2. The topological polar surface area (TPSA) is 66.4 Å². The number of hydrogen-bond donors (Lipinski definition) is 2. The Morgan fingerprint density at radius 2 is 2.05 bits per heavy atom. The van der Waals surface area contributed by atoms with Crippen LogP contribution in [0.15, 0.2) is 22.7 Å². The van der Waals surface area contributed by atoms with E-state index in [-0.39, 0.29) is 18.7 Å². The summed E-state index contributed by atoms with van der Waals surface area (Å²) >= 11 is 3.26. The molecule has 1 aromatic rings. The second-order valence-corrected chi connectivity index (χ2v) is 6.09. The van der Waals surface area contributed by atoms with E-state index in [1.807, 2.05) is 0 Å². The molecule has 0 aliphatic rings. The summed E-state index contributed by atoms with van der Waals surface area (Å²) in [6.07, 6.45) is 0.351. The van der Waals surface area contributed by atoms with Gasteiger partial charge in [-0.2, -0.15) is 0 Å². The molecule has 2 N–H and O–H groups in total. The number of carbonyl (C=O) groups is 2. The molecule has 0 aromatic heterocycles. The first kappa shape index (κ1) is 16.6. The zero-order valence-electron chi connectivity index (χ0n) is 11.4. The van der Waals surface area contributed by atoms with E-state index < -0.39 is 17.3 Å². The molecular weight excluding hydrogens is 329 g/mol. The quantitative estimate of drug-likeness (QED) is 0.832. The maximum Gasteiger partial charge on any atom is 0.303 e. The summed E-state index contributed by atoms with van der Waals surface area (Å²) < 4.78 is 13.8. The standard InChI is InChI=1S/C14H17BrFNO3/c1-14(2,6-5-13(19)20)17-12(18)8-9-7-10(16)3-4-11(9)15/h3-4,7H,5-6,8H2,1-2H3,(H,17,18)(H,19,20). The van der Waals surface area contributed by atoms with Crippen LogP contribution in [0.25, 0.3) is 0 Å². The van der Waals surface area contributed by atoms with E-state index >= 15 is 0 Å². The lowest BCUT2D eigenvalue weighted by molar-refractivity contribution is -0.137. The zero-order valence-corrected chi connectivity index (χ0v) is 13.0.